The van der Waals surface area contributed by atoms with Crippen LogP contribution in [0.15, 0.2) is 18.2 Å². The van der Waals surface area contributed by atoms with Gasteiger partial charge in [0, 0.05) is 19.3 Å². The first-order valence-corrected chi connectivity index (χ1v) is 9.77. The van der Waals surface area contributed by atoms with Gasteiger partial charge in [0.25, 0.3) is 0 Å². The van der Waals surface area contributed by atoms with E-state index in [1.807, 2.05) is 6.07 Å². The van der Waals surface area contributed by atoms with E-state index < -0.39 is 9.84 Å². The molecule has 2 rings (SSSR count). The second-order valence-corrected chi connectivity index (χ2v) is 8.46. The number of halogens is 2. The van der Waals surface area contributed by atoms with Gasteiger partial charge in [-0.3, -0.25) is 0 Å². The summed E-state index contributed by atoms with van der Waals surface area (Å²) in [7, 11) is -3.08. The van der Waals surface area contributed by atoms with E-state index in [1.54, 1.807) is 17.0 Å². The predicted octanol–water partition coefficient (Wildman–Crippen LogP) is 2.88. The summed E-state index contributed by atoms with van der Waals surface area (Å²) >= 11 is 12.0. The van der Waals surface area contributed by atoms with E-state index in [4.69, 9.17) is 23.2 Å². The van der Waals surface area contributed by atoms with Crippen LogP contribution in [-0.4, -0.2) is 44.4 Å². The second kappa shape index (κ2) is 7.06. The summed E-state index contributed by atoms with van der Waals surface area (Å²) in [5, 5.41) is 3.60. The summed E-state index contributed by atoms with van der Waals surface area (Å²) in [6.07, 6.45) is 2.88. The molecule has 0 radical (unpaired) electrons. The van der Waals surface area contributed by atoms with E-state index in [0.29, 0.717) is 16.6 Å². The van der Waals surface area contributed by atoms with Crippen LogP contribution in [0.4, 0.5) is 4.79 Å². The normalized spacial score (nSPS) is 18.5. The van der Waals surface area contributed by atoms with Crippen molar-refractivity contribution < 1.29 is 13.2 Å². The van der Waals surface area contributed by atoms with Crippen molar-refractivity contribution in [1.29, 1.82) is 0 Å². The average molecular weight is 365 g/mol. The molecule has 1 saturated heterocycles. The number of carbonyl (C=O) groups excluding carboxylic acids is 1. The summed E-state index contributed by atoms with van der Waals surface area (Å²) in [5.74, 6) is -0.0655. The van der Waals surface area contributed by atoms with Gasteiger partial charge in [0.1, 0.15) is 9.84 Å². The Bertz CT molecular complexity index is 664. The van der Waals surface area contributed by atoms with Crippen LogP contribution in [0.1, 0.15) is 24.4 Å². The maximum absolute atomic E-state index is 12.2. The molecule has 1 heterocycles. The molecule has 1 aliphatic heterocycles. The van der Waals surface area contributed by atoms with Crippen molar-refractivity contribution in [3.63, 3.8) is 0 Å². The van der Waals surface area contributed by atoms with Gasteiger partial charge in [-0.05, 0) is 30.5 Å². The molecule has 5 nitrogen and oxygen atoms in total. The summed E-state index contributed by atoms with van der Waals surface area (Å²) in [6.45, 7) is 0.748. The number of nitrogens with zero attached hydrogens (tertiary/aromatic N) is 1. The number of hydrogen-bond donors (Lipinski definition) is 1. The maximum Gasteiger partial charge on any atom is 0.317 e. The number of rotatable bonds is 4. The molecule has 0 aliphatic carbocycles. The average Bonchev–Trinajstić information content (AvgIpc) is 2.89. The quantitative estimate of drug-likeness (QED) is 0.892. The Kier molecular flexibility index (Phi) is 5.58. The molecule has 0 bridgehead atoms. The van der Waals surface area contributed by atoms with E-state index >= 15 is 0 Å². The SMILES string of the molecule is CS(=O)(=O)CCNC(=O)N1CCCC1c1ccc(Cl)c(Cl)c1. The highest BCUT2D eigenvalue weighted by Gasteiger charge is 2.30. The largest absolute Gasteiger partial charge is 0.337 e. The van der Waals surface area contributed by atoms with E-state index in [1.165, 1.54) is 0 Å². The lowest BCUT2D eigenvalue weighted by Crippen LogP contribution is -2.41. The van der Waals surface area contributed by atoms with Gasteiger partial charge in [0.2, 0.25) is 0 Å². The van der Waals surface area contributed by atoms with Crippen molar-refractivity contribution in [3.8, 4) is 0 Å². The monoisotopic (exact) mass is 364 g/mol. The number of carbonyl (C=O) groups is 1. The molecule has 8 heteroatoms. The van der Waals surface area contributed by atoms with Gasteiger partial charge in [-0.25, -0.2) is 13.2 Å². The molecule has 1 fully saturated rings. The highest BCUT2D eigenvalue weighted by molar-refractivity contribution is 7.90. The second-order valence-electron chi connectivity index (χ2n) is 5.39. The summed E-state index contributed by atoms with van der Waals surface area (Å²) in [5.41, 5.74) is 0.935. The van der Waals surface area contributed by atoms with Crippen molar-refractivity contribution in [3.05, 3.63) is 33.8 Å². The lowest BCUT2D eigenvalue weighted by Gasteiger charge is -2.25. The minimum Gasteiger partial charge on any atom is -0.337 e. The Morgan fingerprint density at radius 2 is 2.09 bits per heavy atom. The summed E-state index contributed by atoms with van der Waals surface area (Å²) in [6, 6.07) is 5.04. The molecule has 1 aromatic rings. The van der Waals surface area contributed by atoms with Crippen LogP contribution in [0.5, 0.6) is 0 Å². The van der Waals surface area contributed by atoms with Gasteiger partial charge in [-0.2, -0.15) is 0 Å². The Morgan fingerprint density at radius 1 is 1.36 bits per heavy atom. The molecule has 0 saturated carbocycles. The minimum atomic E-state index is -3.08. The van der Waals surface area contributed by atoms with Gasteiger partial charge in [0.15, 0.2) is 0 Å². The number of sulfone groups is 1. The van der Waals surface area contributed by atoms with Crippen LogP contribution in [0.25, 0.3) is 0 Å². The fraction of sp³-hybridized carbons (Fsp3) is 0.500. The highest BCUT2D eigenvalue weighted by atomic mass is 35.5. The topological polar surface area (TPSA) is 66.5 Å². The van der Waals surface area contributed by atoms with Crippen molar-refractivity contribution in [1.82, 2.24) is 10.2 Å². The molecule has 22 heavy (non-hydrogen) atoms. The predicted molar refractivity (Wildman–Crippen MR) is 88.3 cm³/mol. The standard InChI is InChI=1S/C14H18Cl2N2O3S/c1-22(20,21)8-6-17-14(19)18-7-2-3-13(18)10-4-5-11(15)12(16)9-10/h4-5,9,13H,2-3,6-8H2,1H3,(H,17,19). The molecule has 0 aromatic heterocycles. The van der Waals surface area contributed by atoms with Crippen molar-refractivity contribution in [2.24, 2.45) is 0 Å². The molecular weight excluding hydrogens is 347 g/mol. The van der Waals surface area contributed by atoms with Crippen molar-refractivity contribution in [2.45, 2.75) is 18.9 Å². The first kappa shape index (κ1) is 17.4. The van der Waals surface area contributed by atoms with Crippen LogP contribution >= 0.6 is 23.2 Å². The lowest BCUT2D eigenvalue weighted by molar-refractivity contribution is 0.193. The zero-order chi connectivity index (χ0) is 16.3. The fourth-order valence-electron chi connectivity index (χ4n) is 2.52. The zero-order valence-electron chi connectivity index (χ0n) is 12.2. The zero-order valence-corrected chi connectivity index (χ0v) is 14.5. The minimum absolute atomic E-state index is 0.0620. The lowest BCUT2D eigenvalue weighted by atomic mass is 10.0. The molecule has 1 aliphatic rings. The number of nitrogens with one attached hydrogen (secondary N) is 1. The van der Waals surface area contributed by atoms with Crippen LogP contribution in [0.2, 0.25) is 10.0 Å². The van der Waals surface area contributed by atoms with Crippen LogP contribution in [0, 0.1) is 0 Å². The molecular formula is C14H18Cl2N2O3S. The van der Waals surface area contributed by atoms with Crippen LogP contribution in [0.3, 0.4) is 0 Å². The first-order chi connectivity index (χ1) is 10.3. The highest BCUT2D eigenvalue weighted by Crippen LogP contribution is 2.34. The summed E-state index contributed by atoms with van der Waals surface area (Å²) < 4.78 is 22.2. The number of hydrogen-bond acceptors (Lipinski definition) is 3. The molecule has 1 aromatic carbocycles. The molecule has 1 atom stereocenters. The van der Waals surface area contributed by atoms with Crippen molar-refractivity contribution in [2.75, 3.05) is 25.1 Å². The molecule has 122 valence electrons. The molecule has 2 amide bonds. The van der Waals surface area contributed by atoms with Crippen LogP contribution < -0.4 is 5.32 Å². The molecule has 1 N–H and O–H groups in total. The first-order valence-electron chi connectivity index (χ1n) is 6.95. The third-order valence-electron chi connectivity index (χ3n) is 3.59. The molecule has 1 unspecified atom stereocenters. The maximum atomic E-state index is 12.2. The van der Waals surface area contributed by atoms with Gasteiger partial charge < -0.3 is 10.2 Å². The smallest absolute Gasteiger partial charge is 0.317 e. The third-order valence-corrected chi connectivity index (χ3v) is 5.28. The van der Waals surface area contributed by atoms with E-state index in [0.717, 1.165) is 24.7 Å². The molecule has 0 spiro atoms. The third kappa shape index (κ3) is 4.51. The van der Waals surface area contributed by atoms with Crippen molar-refractivity contribution >= 4 is 39.1 Å². The van der Waals surface area contributed by atoms with E-state index in [2.05, 4.69) is 5.32 Å². The van der Waals surface area contributed by atoms with Gasteiger partial charge in [-0.1, -0.05) is 29.3 Å². The number of amides is 2. The van der Waals surface area contributed by atoms with Crippen LogP contribution in [-0.2, 0) is 9.84 Å². The Balaban J connectivity index is 2.03. The Morgan fingerprint density at radius 3 is 2.73 bits per heavy atom. The number of benzene rings is 1. The van der Waals surface area contributed by atoms with Gasteiger partial charge in [-0.15, -0.1) is 0 Å². The van der Waals surface area contributed by atoms with Gasteiger partial charge in [0.05, 0.1) is 21.8 Å². The Labute approximate surface area is 140 Å². The summed E-state index contributed by atoms with van der Waals surface area (Å²) in [4.78, 5) is 13.9. The van der Waals surface area contributed by atoms with E-state index in [-0.39, 0.29) is 24.4 Å². The Hall–Kier alpha value is -0.980. The van der Waals surface area contributed by atoms with E-state index in [9.17, 15) is 13.2 Å². The number of urea groups is 1. The fourth-order valence-corrected chi connectivity index (χ4v) is 3.30. The number of likely N-dealkylation sites (tertiary alicyclic amines) is 1. The van der Waals surface area contributed by atoms with Gasteiger partial charge >= 0.3 is 6.03 Å².